The van der Waals surface area contributed by atoms with Crippen molar-refractivity contribution in [1.82, 2.24) is 14.9 Å². The summed E-state index contributed by atoms with van der Waals surface area (Å²) in [5, 5.41) is 0. The van der Waals surface area contributed by atoms with Crippen LogP contribution < -0.4 is 4.90 Å². The van der Waals surface area contributed by atoms with E-state index in [4.69, 9.17) is 0 Å². The Labute approximate surface area is 128 Å². The number of nitrogens with zero attached hydrogens (tertiary/aromatic N) is 4. The fraction of sp³-hybridized carbons (Fsp3) is 0.643. The molecule has 0 aromatic carbocycles. The fourth-order valence-electron chi connectivity index (χ4n) is 2.29. The third-order valence-corrected chi connectivity index (χ3v) is 4.35. The highest BCUT2D eigenvalue weighted by atomic mass is 79.9. The largest absolute Gasteiger partial charge is 0.338 e. The highest BCUT2D eigenvalue weighted by Gasteiger charge is 2.26. The van der Waals surface area contributed by atoms with Crippen LogP contribution in [0.4, 0.5) is 5.95 Å². The number of unbranched alkanes of at least 4 members (excludes halogenated alkanes) is 1. The van der Waals surface area contributed by atoms with Gasteiger partial charge in [0.1, 0.15) is 0 Å². The van der Waals surface area contributed by atoms with Crippen molar-refractivity contribution in [2.24, 2.45) is 0 Å². The molecule has 5 nitrogen and oxygen atoms in total. The topological polar surface area (TPSA) is 49.3 Å². The summed E-state index contributed by atoms with van der Waals surface area (Å²) in [4.78, 5) is 24.8. The van der Waals surface area contributed by atoms with Crippen LogP contribution in [-0.4, -0.2) is 51.8 Å². The lowest BCUT2D eigenvalue weighted by Crippen LogP contribution is -2.51. The predicted molar refractivity (Wildman–Crippen MR) is 83.1 cm³/mol. The van der Waals surface area contributed by atoms with Crippen LogP contribution in [0.2, 0.25) is 0 Å². The maximum absolute atomic E-state index is 12.3. The second kappa shape index (κ2) is 7.57. The van der Waals surface area contributed by atoms with Gasteiger partial charge < -0.3 is 9.80 Å². The van der Waals surface area contributed by atoms with Gasteiger partial charge in [-0.15, -0.1) is 0 Å². The summed E-state index contributed by atoms with van der Waals surface area (Å²) in [5.74, 6) is 0.966. The summed E-state index contributed by atoms with van der Waals surface area (Å²) >= 11 is 3.51. The molecule has 0 spiro atoms. The quantitative estimate of drug-likeness (QED) is 0.770. The Hall–Kier alpha value is -1.17. The molecule has 1 aliphatic rings. The van der Waals surface area contributed by atoms with Crippen LogP contribution in [0.1, 0.15) is 26.2 Å². The smallest absolute Gasteiger partial charge is 0.236 e. The third kappa shape index (κ3) is 3.91. The number of rotatable bonds is 5. The number of hydrogen-bond donors (Lipinski definition) is 0. The zero-order valence-electron chi connectivity index (χ0n) is 11.8. The standard InChI is InChI=1S/C14H21BrN4O/c1-2-3-5-12(15)13(20)18-8-10-19(11-9-18)14-16-6-4-7-17-14/h4,6-7,12H,2-3,5,8-11H2,1H3. The molecule has 1 saturated heterocycles. The van der Waals surface area contributed by atoms with Crippen LogP contribution in [0.25, 0.3) is 0 Å². The Kier molecular flexibility index (Phi) is 5.76. The molecule has 1 amide bonds. The molecule has 2 rings (SSSR count). The number of amides is 1. The van der Waals surface area contributed by atoms with Gasteiger partial charge in [-0.3, -0.25) is 4.79 Å². The van der Waals surface area contributed by atoms with Gasteiger partial charge in [-0.1, -0.05) is 35.7 Å². The van der Waals surface area contributed by atoms with E-state index in [1.165, 1.54) is 0 Å². The number of alkyl halides is 1. The van der Waals surface area contributed by atoms with E-state index in [2.05, 4.69) is 37.7 Å². The number of piperazine rings is 1. The van der Waals surface area contributed by atoms with Gasteiger partial charge in [0.2, 0.25) is 11.9 Å². The maximum atomic E-state index is 12.3. The van der Waals surface area contributed by atoms with Crippen molar-refractivity contribution in [3.05, 3.63) is 18.5 Å². The van der Waals surface area contributed by atoms with Gasteiger partial charge in [0, 0.05) is 38.6 Å². The molecule has 1 atom stereocenters. The van der Waals surface area contributed by atoms with Crippen LogP contribution in [0.5, 0.6) is 0 Å². The van der Waals surface area contributed by atoms with Crippen molar-refractivity contribution >= 4 is 27.8 Å². The van der Waals surface area contributed by atoms with Crippen molar-refractivity contribution in [2.45, 2.75) is 31.0 Å². The van der Waals surface area contributed by atoms with Gasteiger partial charge in [0.25, 0.3) is 0 Å². The first kappa shape index (κ1) is 15.2. The lowest BCUT2D eigenvalue weighted by atomic mass is 10.2. The molecule has 1 unspecified atom stereocenters. The molecule has 1 aromatic heterocycles. The summed E-state index contributed by atoms with van der Waals surface area (Å²) in [7, 11) is 0. The van der Waals surface area contributed by atoms with Gasteiger partial charge in [-0.2, -0.15) is 0 Å². The first-order valence-corrected chi connectivity index (χ1v) is 8.08. The first-order valence-electron chi connectivity index (χ1n) is 7.17. The molecule has 6 heteroatoms. The molecule has 20 heavy (non-hydrogen) atoms. The number of anilines is 1. The molecule has 0 aliphatic carbocycles. The number of halogens is 1. The molecular formula is C14H21BrN4O. The summed E-state index contributed by atoms with van der Waals surface area (Å²) in [6.45, 7) is 5.21. The van der Waals surface area contributed by atoms with E-state index in [1.54, 1.807) is 12.4 Å². The normalized spacial score (nSPS) is 17.1. The third-order valence-electron chi connectivity index (χ3n) is 3.51. The van der Waals surface area contributed by atoms with E-state index >= 15 is 0 Å². The predicted octanol–water partition coefficient (Wildman–Crippen LogP) is 2.08. The van der Waals surface area contributed by atoms with Crippen LogP contribution >= 0.6 is 15.9 Å². The Morgan fingerprint density at radius 2 is 1.95 bits per heavy atom. The molecule has 0 N–H and O–H groups in total. The average molecular weight is 341 g/mol. The summed E-state index contributed by atoms with van der Waals surface area (Å²) < 4.78 is 0. The van der Waals surface area contributed by atoms with E-state index in [-0.39, 0.29) is 10.7 Å². The lowest BCUT2D eigenvalue weighted by Gasteiger charge is -2.35. The van der Waals surface area contributed by atoms with Crippen LogP contribution in [0, 0.1) is 0 Å². The molecule has 0 bridgehead atoms. The minimum Gasteiger partial charge on any atom is -0.338 e. The van der Waals surface area contributed by atoms with E-state index in [9.17, 15) is 4.79 Å². The van der Waals surface area contributed by atoms with Crippen molar-refractivity contribution in [2.75, 3.05) is 31.1 Å². The monoisotopic (exact) mass is 340 g/mol. The fourth-order valence-corrected chi connectivity index (χ4v) is 2.90. The van der Waals surface area contributed by atoms with Gasteiger partial charge in [-0.05, 0) is 12.5 Å². The van der Waals surface area contributed by atoms with E-state index < -0.39 is 0 Å². The van der Waals surface area contributed by atoms with Gasteiger partial charge in [-0.25, -0.2) is 9.97 Å². The number of carbonyl (C=O) groups is 1. The SMILES string of the molecule is CCCCC(Br)C(=O)N1CCN(c2ncccn2)CC1. The van der Waals surface area contributed by atoms with E-state index in [0.717, 1.165) is 51.4 Å². The molecule has 2 heterocycles. The minimum absolute atomic E-state index is 0.0398. The van der Waals surface area contributed by atoms with Crippen LogP contribution in [-0.2, 0) is 4.79 Å². The van der Waals surface area contributed by atoms with Crippen molar-refractivity contribution in [3.8, 4) is 0 Å². The highest BCUT2D eigenvalue weighted by molar-refractivity contribution is 9.10. The molecule has 110 valence electrons. The molecular weight excluding hydrogens is 320 g/mol. The Morgan fingerprint density at radius 1 is 1.30 bits per heavy atom. The maximum Gasteiger partial charge on any atom is 0.236 e. The second-order valence-electron chi connectivity index (χ2n) is 4.97. The summed E-state index contributed by atoms with van der Waals surface area (Å²) in [5.41, 5.74) is 0. The number of aromatic nitrogens is 2. The van der Waals surface area contributed by atoms with Crippen LogP contribution in [0.15, 0.2) is 18.5 Å². The summed E-state index contributed by atoms with van der Waals surface area (Å²) in [6, 6.07) is 1.81. The zero-order chi connectivity index (χ0) is 14.4. The van der Waals surface area contributed by atoms with Crippen molar-refractivity contribution in [3.63, 3.8) is 0 Å². The van der Waals surface area contributed by atoms with Crippen molar-refractivity contribution < 1.29 is 4.79 Å². The molecule has 0 radical (unpaired) electrons. The van der Waals surface area contributed by atoms with Crippen LogP contribution in [0.3, 0.4) is 0 Å². The molecule has 1 aliphatic heterocycles. The minimum atomic E-state index is -0.0398. The van der Waals surface area contributed by atoms with E-state index in [0.29, 0.717) is 0 Å². The first-order chi connectivity index (χ1) is 9.72. The molecule has 0 saturated carbocycles. The number of hydrogen-bond acceptors (Lipinski definition) is 4. The lowest BCUT2D eigenvalue weighted by molar-refractivity contribution is -0.130. The second-order valence-corrected chi connectivity index (χ2v) is 6.08. The zero-order valence-corrected chi connectivity index (χ0v) is 13.4. The van der Waals surface area contributed by atoms with Crippen molar-refractivity contribution in [1.29, 1.82) is 0 Å². The molecule has 1 fully saturated rings. The molecule has 1 aromatic rings. The van der Waals surface area contributed by atoms with Gasteiger partial charge in [0.15, 0.2) is 0 Å². The Morgan fingerprint density at radius 3 is 2.55 bits per heavy atom. The Bertz CT molecular complexity index is 420. The van der Waals surface area contributed by atoms with Gasteiger partial charge in [0.05, 0.1) is 4.83 Å². The Balaban J connectivity index is 1.83. The summed E-state index contributed by atoms with van der Waals surface area (Å²) in [6.07, 6.45) is 6.61. The average Bonchev–Trinajstić information content (AvgIpc) is 2.53. The van der Waals surface area contributed by atoms with E-state index in [1.807, 2.05) is 11.0 Å². The highest BCUT2D eigenvalue weighted by Crippen LogP contribution is 2.16. The number of carbonyl (C=O) groups excluding carboxylic acids is 1. The van der Waals surface area contributed by atoms with Gasteiger partial charge >= 0.3 is 0 Å².